The van der Waals surface area contributed by atoms with Gasteiger partial charge in [0.25, 0.3) is 5.91 Å². The van der Waals surface area contributed by atoms with Gasteiger partial charge < -0.3 is 11.1 Å². The highest BCUT2D eigenvalue weighted by atomic mass is 32.1. The molecule has 148 valence electrons. The number of carbonyl (C=O) groups excluding carboxylic acids is 1. The quantitative estimate of drug-likeness (QED) is 0.469. The second-order valence-corrected chi connectivity index (χ2v) is 8.19. The molecule has 5 rings (SSSR count). The minimum absolute atomic E-state index is 0.0655. The molecule has 1 aliphatic carbocycles. The summed E-state index contributed by atoms with van der Waals surface area (Å²) in [6.45, 7) is 0. The van der Waals surface area contributed by atoms with Crippen LogP contribution < -0.4 is 11.1 Å². The number of benzene rings is 2. The van der Waals surface area contributed by atoms with Crippen molar-refractivity contribution in [2.24, 2.45) is 0 Å². The Morgan fingerprint density at radius 2 is 1.83 bits per heavy atom. The SMILES string of the molecule is Nc1ccccc1NC(=O)c1ccc(C2(c3nc(-c4cnccn4)cs3)CC2)cc1. The van der Waals surface area contributed by atoms with E-state index >= 15 is 0 Å². The van der Waals surface area contributed by atoms with Crippen LogP contribution in [0.1, 0.15) is 33.8 Å². The number of nitrogens with one attached hydrogen (secondary N) is 1. The summed E-state index contributed by atoms with van der Waals surface area (Å²) in [5.41, 5.74) is 10.4. The van der Waals surface area contributed by atoms with Crippen LogP contribution >= 0.6 is 11.3 Å². The van der Waals surface area contributed by atoms with Gasteiger partial charge in [0.2, 0.25) is 0 Å². The van der Waals surface area contributed by atoms with Gasteiger partial charge in [-0.1, -0.05) is 24.3 Å². The number of aromatic nitrogens is 3. The van der Waals surface area contributed by atoms with Gasteiger partial charge in [-0.2, -0.15) is 0 Å². The van der Waals surface area contributed by atoms with E-state index in [0.717, 1.165) is 29.2 Å². The van der Waals surface area contributed by atoms with Crippen LogP contribution in [0.4, 0.5) is 11.4 Å². The standard InChI is InChI=1S/C23H19N5OS/c24-17-3-1-2-4-18(17)27-21(29)15-5-7-16(8-6-15)23(9-10-23)22-28-20(14-30-22)19-13-25-11-12-26-19/h1-8,11-14H,9-10,24H2,(H,27,29). The fourth-order valence-corrected chi connectivity index (χ4v) is 4.63. The summed E-state index contributed by atoms with van der Waals surface area (Å²) in [5, 5.41) is 5.98. The number of hydrogen-bond acceptors (Lipinski definition) is 6. The van der Waals surface area contributed by atoms with Crippen molar-refractivity contribution < 1.29 is 4.79 Å². The average Bonchev–Trinajstić information content (AvgIpc) is 3.45. The van der Waals surface area contributed by atoms with Crippen LogP contribution in [0.15, 0.2) is 72.5 Å². The van der Waals surface area contributed by atoms with Crippen LogP contribution in [0.2, 0.25) is 0 Å². The summed E-state index contributed by atoms with van der Waals surface area (Å²) in [5.74, 6) is -0.177. The summed E-state index contributed by atoms with van der Waals surface area (Å²) in [6, 6.07) is 15.0. The third-order valence-corrected chi connectivity index (χ3v) is 6.44. The highest BCUT2D eigenvalue weighted by molar-refractivity contribution is 7.10. The zero-order valence-electron chi connectivity index (χ0n) is 16.1. The first-order chi connectivity index (χ1) is 14.7. The molecule has 0 bridgehead atoms. The van der Waals surface area contributed by atoms with Crippen LogP contribution in [0.5, 0.6) is 0 Å². The topological polar surface area (TPSA) is 93.8 Å². The molecule has 1 amide bonds. The molecule has 1 aliphatic rings. The predicted molar refractivity (Wildman–Crippen MR) is 118 cm³/mol. The van der Waals surface area contributed by atoms with E-state index in [4.69, 9.17) is 10.7 Å². The minimum atomic E-state index is -0.177. The maximum atomic E-state index is 12.6. The lowest BCUT2D eigenvalue weighted by Gasteiger charge is -2.14. The predicted octanol–water partition coefficient (Wildman–Crippen LogP) is 4.51. The van der Waals surface area contributed by atoms with Crippen LogP contribution in [0.25, 0.3) is 11.4 Å². The Morgan fingerprint density at radius 3 is 2.53 bits per heavy atom. The molecule has 7 heteroatoms. The van der Waals surface area contributed by atoms with E-state index in [9.17, 15) is 4.79 Å². The van der Waals surface area contributed by atoms with Crippen molar-refractivity contribution in [1.29, 1.82) is 0 Å². The molecule has 0 saturated heterocycles. The Morgan fingerprint density at radius 1 is 1.03 bits per heavy atom. The molecule has 4 aromatic rings. The number of hydrogen-bond donors (Lipinski definition) is 2. The number of nitrogen functional groups attached to an aromatic ring is 1. The maximum absolute atomic E-state index is 12.6. The zero-order valence-corrected chi connectivity index (χ0v) is 16.9. The van der Waals surface area contributed by atoms with E-state index in [1.54, 1.807) is 42.1 Å². The maximum Gasteiger partial charge on any atom is 0.255 e. The second-order valence-electron chi connectivity index (χ2n) is 7.33. The van der Waals surface area contributed by atoms with Gasteiger partial charge in [-0.15, -0.1) is 11.3 Å². The first-order valence-corrected chi connectivity index (χ1v) is 10.5. The molecular formula is C23H19N5OS. The fourth-order valence-electron chi connectivity index (χ4n) is 3.54. The molecule has 3 N–H and O–H groups in total. The van der Waals surface area contributed by atoms with E-state index in [-0.39, 0.29) is 11.3 Å². The highest BCUT2D eigenvalue weighted by Gasteiger charge is 2.48. The first kappa shape index (κ1) is 18.4. The largest absolute Gasteiger partial charge is 0.397 e. The Bertz CT molecular complexity index is 1200. The van der Waals surface area contributed by atoms with Crippen molar-refractivity contribution in [3.63, 3.8) is 0 Å². The van der Waals surface area contributed by atoms with Gasteiger partial charge in [0.15, 0.2) is 0 Å². The lowest BCUT2D eigenvalue weighted by molar-refractivity contribution is 0.102. The molecule has 1 fully saturated rings. The van der Waals surface area contributed by atoms with Crippen molar-refractivity contribution in [2.75, 3.05) is 11.1 Å². The molecule has 0 radical (unpaired) electrons. The van der Waals surface area contributed by atoms with E-state index in [2.05, 4.69) is 15.3 Å². The number of nitrogens with two attached hydrogens (primary N) is 1. The Kier molecular flexibility index (Phi) is 4.52. The molecule has 0 aliphatic heterocycles. The molecular weight excluding hydrogens is 394 g/mol. The number of rotatable bonds is 5. The number of carbonyl (C=O) groups is 1. The van der Waals surface area contributed by atoms with Gasteiger partial charge in [-0.3, -0.25) is 14.8 Å². The smallest absolute Gasteiger partial charge is 0.255 e. The number of amides is 1. The zero-order chi connectivity index (χ0) is 20.6. The Labute approximate surface area is 177 Å². The molecule has 0 atom stereocenters. The summed E-state index contributed by atoms with van der Waals surface area (Å²) in [7, 11) is 0. The third kappa shape index (κ3) is 3.33. The minimum Gasteiger partial charge on any atom is -0.397 e. The van der Waals surface area contributed by atoms with Gasteiger partial charge in [0.1, 0.15) is 16.4 Å². The van der Waals surface area contributed by atoms with E-state index < -0.39 is 0 Å². The Balaban J connectivity index is 1.36. The molecule has 0 unspecified atom stereocenters. The van der Waals surface area contributed by atoms with Crippen LogP contribution in [0, 0.1) is 0 Å². The summed E-state index contributed by atoms with van der Waals surface area (Å²) in [6.07, 6.45) is 7.15. The Hall–Kier alpha value is -3.58. The van der Waals surface area contributed by atoms with Gasteiger partial charge in [-0.05, 0) is 42.7 Å². The first-order valence-electron chi connectivity index (χ1n) is 9.64. The molecule has 2 aromatic heterocycles. The van der Waals surface area contributed by atoms with Gasteiger partial charge in [-0.25, -0.2) is 4.98 Å². The molecule has 1 saturated carbocycles. The molecule has 30 heavy (non-hydrogen) atoms. The number of thiazole rings is 1. The molecule has 0 spiro atoms. The highest BCUT2D eigenvalue weighted by Crippen LogP contribution is 2.54. The van der Waals surface area contributed by atoms with Crippen molar-refractivity contribution in [2.45, 2.75) is 18.3 Å². The monoisotopic (exact) mass is 413 g/mol. The molecule has 2 aromatic carbocycles. The summed E-state index contributed by atoms with van der Waals surface area (Å²) in [4.78, 5) is 25.9. The number of anilines is 2. The number of para-hydroxylation sites is 2. The fraction of sp³-hybridized carbons (Fsp3) is 0.130. The van der Waals surface area contributed by atoms with Crippen molar-refractivity contribution >= 4 is 28.6 Å². The number of nitrogens with zero attached hydrogens (tertiary/aromatic N) is 3. The van der Waals surface area contributed by atoms with Crippen molar-refractivity contribution in [3.05, 3.63) is 88.6 Å². The van der Waals surface area contributed by atoms with Crippen LogP contribution in [-0.2, 0) is 5.41 Å². The lowest BCUT2D eigenvalue weighted by atomic mass is 9.95. The summed E-state index contributed by atoms with van der Waals surface area (Å²) < 4.78 is 0. The van der Waals surface area contributed by atoms with Gasteiger partial charge in [0.05, 0.1) is 17.6 Å². The van der Waals surface area contributed by atoms with E-state index in [1.807, 2.05) is 41.8 Å². The second kappa shape index (κ2) is 7.35. The van der Waals surface area contributed by atoms with E-state index in [1.165, 1.54) is 5.56 Å². The normalized spacial score (nSPS) is 14.3. The van der Waals surface area contributed by atoms with Gasteiger partial charge in [0, 0.05) is 28.8 Å². The molecule has 6 nitrogen and oxygen atoms in total. The summed E-state index contributed by atoms with van der Waals surface area (Å²) >= 11 is 1.65. The van der Waals surface area contributed by atoms with Gasteiger partial charge >= 0.3 is 0 Å². The average molecular weight is 414 g/mol. The van der Waals surface area contributed by atoms with Crippen LogP contribution in [-0.4, -0.2) is 20.9 Å². The van der Waals surface area contributed by atoms with Crippen molar-refractivity contribution in [1.82, 2.24) is 15.0 Å². The third-order valence-electron chi connectivity index (χ3n) is 5.40. The van der Waals surface area contributed by atoms with E-state index in [0.29, 0.717) is 16.9 Å². The lowest BCUT2D eigenvalue weighted by Crippen LogP contribution is -2.14. The van der Waals surface area contributed by atoms with Crippen LogP contribution in [0.3, 0.4) is 0 Å². The van der Waals surface area contributed by atoms with Crippen molar-refractivity contribution in [3.8, 4) is 11.4 Å². The molecule has 2 heterocycles.